The molecule has 0 aliphatic rings. The third-order valence-corrected chi connectivity index (χ3v) is 15.9. The summed E-state index contributed by atoms with van der Waals surface area (Å²) in [5.74, 6) is 0. The van der Waals surface area contributed by atoms with E-state index in [-0.39, 0.29) is 14.9 Å². The summed E-state index contributed by atoms with van der Waals surface area (Å²) < 4.78 is 0. The average Bonchev–Trinajstić information content (AvgIpc) is 3.57. The lowest BCUT2D eigenvalue weighted by molar-refractivity contribution is 1.30. The highest BCUT2D eigenvalue weighted by molar-refractivity contribution is 6.36. The molecular formula is C78H59N3. The SMILES string of the molecule is C.C.c1ccc(N(c2ccccc2)c2ccc3c4ccc(N(c5ccccc5)c5ccccc5)c5cccc(c6cccc2c63)c54)cc1.c1ccc(N(c2ccccc2)c2ccc3c4cccc5cccc(c6cccc2c63)c54)cc1. The number of nitrogens with zero attached hydrogens (tertiary/aromatic N) is 3. The Morgan fingerprint density at radius 1 is 0.148 bits per heavy atom. The van der Waals surface area contributed by atoms with Crippen LogP contribution in [0, 0.1) is 0 Å². The summed E-state index contributed by atoms with van der Waals surface area (Å²) in [5, 5.41) is 20.7. The molecule has 0 bridgehead atoms. The second-order valence-corrected chi connectivity index (χ2v) is 20.3. The highest BCUT2D eigenvalue weighted by atomic mass is 15.2. The van der Waals surface area contributed by atoms with Crippen molar-refractivity contribution in [3.63, 3.8) is 0 Å². The molecule has 0 atom stereocenters. The minimum Gasteiger partial charge on any atom is -0.310 e. The molecule has 0 amide bonds. The van der Waals surface area contributed by atoms with Crippen LogP contribution in [0.1, 0.15) is 14.9 Å². The molecular weight excluding hydrogens is 979 g/mol. The summed E-state index contributed by atoms with van der Waals surface area (Å²) in [5.41, 5.74) is 10.4. The zero-order valence-corrected chi connectivity index (χ0v) is 43.3. The predicted molar refractivity (Wildman–Crippen MR) is 353 cm³/mol. The minimum atomic E-state index is 0. The van der Waals surface area contributed by atoms with E-state index in [2.05, 4.69) is 324 Å². The maximum absolute atomic E-state index is 2.37. The highest BCUT2D eigenvalue weighted by Gasteiger charge is 2.23. The smallest absolute Gasteiger partial charge is 0.0540 e. The van der Waals surface area contributed by atoms with E-state index < -0.39 is 0 Å². The summed E-state index contributed by atoms with van der Waals surface area (Å²) in [7, 11) is 0. The quantitative estimate of drug-likeness (QED) is 0.105. The fraction of sp³-hybridized carbons (Fsp3) is 0.0256. The van der Waals surface area contributed by atoms with E-state index in [0.717, 1.165) is 34.1 Å². The zero-order chi connectivity index (χ0) is 52.2. The molecule has 386 valence electrons. The summed E-state index contributed by atoms with van der Waals surface area (Å²) in [6.45, 7) is 0. The van der Waals surface area contributed by atoms with Gasteiger partial charge >= 0.3 is 0 Å². The Hall–Kier alpha value is -10.5. The first-order valence-corrected chi connectivity index (χ1v) is 27.2. The van der Waals surface area contributed by atoms with Gasteiger partial charge in [-0.1, -0.05) is 233 Å². The lowest BCUT2D eigenvalue weighted by Crippen LogP contribution is -2.11. The predicted octanol–water partition coefficient (Wildman–Crippen LogP) is 23.2. The van der Waals surface area contributed by atoms with Crippen LogP contribution in [0.2, 0.25) is 0 Å². The lowest BCUT2D eigenvalue weighted by Gasteiger charge is -2.29. The van der Waals surface area contributed by atoms with Gasteiger partial charge < -0.3 is 14.7 Å². The number of hydrogen-bond acceptors (Lipinski definition) is 3. The van der Waals surface area contributed by atoms with Crippen LogP contribution in [0.4, 0.5) is 51.2 Å². The van der Waals surface area contributed by atoms with Gasteiger partial charge in [-0.05, 0) is 161 Å². The van der Waals surface area contributed by atoms with Crippen molar-refractivity contribution in [3.05, 3.63) is 309 Å². The van der Waals surface area contributed by atoms with Crippen molar-refractivity contribution in [2.24, 2.45) is 0 Å². The molecule has 3 heteroatoms. The van der Waals surface area contributed by atoms with Crippen LogP contribution in [0.5, 0.6) is 0 Å². The number of rotatable bonds is 9. The molecule has 0 N–H and O–H groups in total. The van der Waals surface area contributed by atoms with Gasteiger partial charge in [-0.15, -0.1) is 0 Å². The van der Waals surface area contributed by atoms with E-state index in [1.165, 1.54) is 103 Å². The molecule has 0 fully saturated rings. The van der Waals surface area contributed by atoms with Crippen LogP contribution in [-0.2, 0) is 0 Å². The van der Waals surface area contributed by atoms with Gasteiger partial charge in [0, 0.05) is 50.3 Å². The van der Waals surface area contributed by atoms with Gasteiger partial charge in [-0.3, -0.25) is 0 Å². The molecule has 3 nitrogen and oxygen atoms in total. The maximum Gasteiger partial charge on any atom is 0.0540 e. The second-order valence-electron chi connectivity index (χ2n) is 20.3. The normalized spacial score (nSPS) is 11.3. The van der Waals surface area contributed by atoms with Crippen molar-refractivity contribution in [1.82, 2.24) is 0 Å². The van der Waals surface area contributed by atoms with Crippen LogP contribution >= 0.6 is 0 Å². The van der Waals surface area contributed by atoms with Crippen molar-refractivity contribution >= 4 is 137 Å². The number of hydrogen-bond donors (Lipinski definition) is 0. The van der Waals surface area contributed by atoms with E-state index >= 15 is 0 Å². The van der Waals surface area contributed by atoms with Crippen LogP contribution in [0.3, 0.4) is 0 Å². The van der Waals surface area contributed by atoms with Crippen molar-refractivity contribution in [3.8, 4) is 0 Å². The van der Waals surface area contributed by atoms with Gasteiger partial charge in [0.15, 0.2) is 0 Å². The first kappa shape index (κ1) is 50.1. The summed E-state index contributed by atoms with van der Waals surface area (Å²) in [6, 6.07) is 111. The Morgan fingerprint density at radius 2 is 0.346 bits per heavy atom. The zero-order valence-electron chi connectivity index (χ0n) is 43.3. The fourth-order valence-electron chi connectivity index (χ4n) is 12.6. The second kappa shape index (κ2) is 21.1. The largest absolute Gasteiger partial charge is 0.310 e. The maximum atomic E-state index is 2.37. The summed E-state index contributed by atoms with van der Waals surface area (Å²) in [4.78, 5) is 7.11. The van der Waals surface area contributed by atoms with Crippen LogP contribution < -0.4 is 14.7 Å². The highest BCUT2D eigenvalue weighted by Crippen LogP contribution is 2.50. The number of para-hydroxylation sites is 6. The summed E-state index contributed by atoms with van der Waals surface area (Å²) >= 11 is 0. The molecule has 81 heavy (non-hydrogen) atoms. The molecule has 0 aliphatic carbocycles. The van der Waals surface area contributed by atoms with Gasteiger partial charge in [0.25, 0.3) is 0 Å². The third kappa shape index (κ3) is 8.38. The van der Waals surface area contributed by atoms with Gasteiger partial charge in [0.2, 0.25) is 0 Å². The first-order valence-electron chi connectivity index (χ1n) is 27.2. The molecule has 16 aromatic carbocycles. The molecule has 0 saturated carbocycles. The Morgan fingerprint density at radius 3 is 0.593 bits per heavy atom. The van der Waals surface area contributed by atoms with Gasteiger partial charge in [0.05, 0.1) is 17.1 Å². The number of benzene rings is 16. The molecule has 16 aromatic rings. The van der Waals surface area contributed by atoms with Gasteiger partial charge in [-0.2, -0.15) is 0 Å². The van der Waals surface area contributed by atoms with Crippen LogP contribution in [0.15, 0.2) is 309 Å². The Kier molecular flexibility index (Phi) is 13.0. The first-order chi connectivity index (χ1) is 39.3. The van der Waals surface area contributed by atoms with Crippen molar-refractivity contribution in [2.75, 3.05) is 14.7 Å². The van der Waals surface area contributed by atoms with E-state index in [1.807, 2.05) is 0 Å². The van der Waals surface area contributed by atoms with Crippen LogP contribution in [0.25, 0.3) is 86.2 Å². The molecule has 0 radical (unpaired) electrons. The summed E-state index contributed by atoms with van der Waals surface area (Å²) in [6.07, 6.45) is 0. The molecule has 0 aliphatic heterocycles. The minimum absolute atomic E-state index is 0. The molecule has 0 unspecified atom stereocenters. The fourth-order valence-corrected chi connectivity index (χ4v) is 12.6. The van der Waals surface area contributed by atoms with Gasteiger partial charge in [0.1, 0.15) is 0 Å². The van der Waals surface area contributed by atoms with Crippen LogP contribution in [-0.4, -0.2) is 0 Å². The number of anilines is 9. The Balaban J connectivity index is 0.000000156. The van der Waals surface area contributed by atoms with Crippen molar-refractivity contribution in [1.29, 1.82) is 0 Å². The molecule has 0 saturated heterocycles. The van der Waals surface area contributed by atoms with E-state index in [0.29, 0.717) is 0 Å². The monoisotopic (exact) mass is 1040 g/mol. The average molecular weight is 1040 g/mol. The topological polar surface area (TPSA) is 9.72 Å². The molecule has 16 rings (SSSR count). The molecule has 0 aromatic heterocycles. The lowest BCUT2D eigenvalue weighted by atomic mass is 9.88. The number of fused-ring (bicyclic) bond motifs is 4. The van der Waals surface area contributed by atoms with Crippen molar-refractivity contribution in [2.45, 2.75) is 14.9 Å². The Bertz CT molecular complexity index is 4450. The van der Waals surface area contributed by atoms with E-state index in [1.54, 1.807) is 0 Å². The van der Waals surface area contributed by atoms with Crippen molar-refractivity contribution < 1.29 is 0 Å². The van der Waals surface area contributed by atoms with Gasteiger partial charge in [-0.25, -0.2) is 0 Å². The molecule has 0 heterocycles. The third-order valence-electron chi connectivity index (χ3n) is 15.9. The Labute approximate surface area is 473 Å². The standard InChI is InChI=1S/C44H30N2.C32H21N.2CH4/c1-5-15-31(16-6-1)45(32-17-7-2-8-18-32)41-29-27-37-38-28-30-42(46(33-19-9-3-10-20-33)34-21-11-4-12-22-34)40-26-14-24-36(44(38)40)35-23-13-25-39(41)43(35)37;1-3-12-23(13-4-1)33(24-14-5-2-6-15-24)30-21-20-28-26-17-8-11-22-10-7-16-25(31(22)26)27-18-9-19-29(30)32(27)28;;/h1-30H;1-21H;2*1H4. The van der Waals surface area contributed by atoms with E-state index in [4.69, 9.17) is 0 Å². The molecule has 0 spiro atoms. The van der Waals surface area contributed by atoms with E-state index in [9.17, 15) is 0 Å².